The first-order chi connectivity index (χ1) is 11.6. The first-order valence-corrected chi connectivity index (χ1v) is 7.87. The number of ketones is 1. The zero-order chi connectivity index (χ0) is 16.9. The van der Waals surface area contributed by atoms with Crippen molar-refractivity contribution in [2.45, 2.75) is 6.92 Å². The number of carbonyl (C=O) groups is 1. The van der Waals surface area contributed by atoms with Crippen LogP contribution < -0.4 is 5.32 Å². The van der Waals surface area contributed by atoms with Crippen LogP contribution in [-0.4, -0.2) is 5.78 Å². The molecule has 3 aromatic carbocycles. The number of carbonyl (C=O) groups excluding carboxylic acids is 1. The fourth-order valence-electron chi connectivity index (χ4n) is 2.65. The minimum absolute atomic E-state index is 0.0646. The third-order valence-electron chi connectivity index (χ3n) is 3.92. The average molecular weight is 313 g/mol. The molecule has 0 fully saturated rings. The van der Waals surface area contributed by atoms with Crippen LogP contribution in [0.1, 0.15) is 22.8 Å². The molecule has 3 rings (SSSR count). The summed E-state index contributed by atoms with van der Waals surface area (Å²) in [5.74, 6) is 0.0646. The molecule has 0 aliphatic carbocycles. The quantitative estimate of drug-likeness (QED) is 0.618. The van der Waals surface area contributed by atoms with E-state index >= 15 is 0 Å². The Kier molecular flexibility index (Phi) is 4.57. The molecule has 0 heterocycles. The maximum absolute atomic E-state index is 11.4. The van der Waals surface area contributed by atoms with Crippen LogP contribution in [0.3, 0.4) is 0 Å². The third-order valence-corrected chi connectivity index (χ3v) is 3.92. The van der Waals surface area contributed by atoms with E-state index < -0.39 is 0 Å². The Balaban J connectivity index is 1.87. The van der Waals surface area contributed by atoms with Crippen molar-refractivity contribution in [1.29, 1.82) is 0 Å². The van der Waals surface area contributed by atoms with Gasteiger partial charge in [0.2, 0.25) is 0 Å². The van der Waals surface area contributed by atoms with Crippen molar-refractivity contribution in [3.63, 3.8) is 0 Å². The number of hydrogen-bond donors (Lipinski definition) is 1. The normalized spacial score (nSPS) is 10.2. The summed E-state index contributed by atoms with van der Waals surface area (Å²) in [6, 6.07) is 25.9. The molecule has 0 aliphatic heterocycles. The second-order valence-corrected chi connectivity index (χ2v) is 5.65. The van der Waals surface area contributed by atoms with Crippen LogP contribution >= 0.6 is 0 Å². The molecule has 0 aromatic heterocycles. The van der Waals surface area contributed by atoms with Crippen LogP contribution in [0.4, 0.5) is 5.69 Å². The molecule has 2 heteroatoms. The number of nitrogens with one attached hydrogen (secondary N) is 1. The largest absolute Gasteiger partial charge is 0.356 e. The van der Waals surface area contributed by atoms with E-state index in [0.717, 1.165) is 28.1 Å². The van der Waals surface area contributed by atoms with Gasteiger partial charge in [0.25, 0.3) is 0 Å². The first kappa shape index (κ1) is 15.8. The van der Waals surface area contributed by atoms with Gasteiger partial charge in [0.05, 0.1) is 0 Å². The molecule has 1 N–H and O–H groups in total. The maximum atomic E-state index is 11.4. The van der Waals surface area contributed by atoms with E-state index in [0.29, 0.717) is 5.56 Å². The summed E-state index contributed by atoms with van der Waals surface area (Å²) in [6.07, 6.45) is 0. The van der Waals surface area contributed by atoms with E-state index in [-0.39, 0.29) is 5.78 Å². The summed E-state index contributed by atoms with van der Waals surface area (Å²) < 4.78 is 0. The van der Waals surface area contributed by atoms with Crippen molar-refractivity contribution >= 4 is 17.2 Å². The highest BCUT2D eigenvalue weighted by atomic mass is 16.1. The lowest BCUT2D eigenvalue weighted by Gasteiger charge is -2.14. The molecule has 0 unspecified atom stereocenters. The van der Waals surface area contributed by atoms with Gasteiger partial charge >= 0.3 is 0 Å². The number of Topliss-reactive ketones (excluding diaryl/α,β-unsaturated/α-hetero) is 1. The van der Waals surface area contributed by atoms with E-state index in [9.17, 15) is 4.79 Å². The van der Waals surface area contributed by atoms with Gasteiger partial charge in [0.15, 0.2) is 5.78 Å². The van der Waals surface area contributed by atoms with Crippen molar-refractivity contribution < 1.29 is 4.79 Å². The van der Waals surface area contributed by atoms with Gasteiger partial charge in [-0.05, 0) is 42.3 Å². The fourth-order valence-corrected chi connectivity index (χ4v) is 2.65. The second kappa shape index (κ2) is 6.97. The molecule has 118 valence electrons. The zero-order valence-electron chi connectivity index (χ0n) is 13.6. The minimum atomic E-state index is 0.0646. The molecule has 0 amide bonds. The highest BCUT2D eigenvalue weighted by molar-refractivity contribution is 5.94. The van der Waals surface area contributed by atoms with Crippen molar-refractivity contribution in [1.82, 2.24) is 0 Å². The number of anilines is 1. The summed E-state index contributed by atoms with van der Waals surface area (Å²) in [5, 5.41) is 3.33. The van der Waals surface area contributed by atoms with E-state index in [1.165, 1.54) is 0 Å². The van der Waals surface area contributed by atoms with Crippen LogP contribution in [0.5, 0.6) is 0 Å². The average Bonchev–Trinajstić information content (AvgIpc) is 2.63. The minimum Gasteiger partial charge on any atom is -0.356 e. The summed E-state index contributed by atoms with van der Waals surface area (Å²) in [4.78, 5) is 11.4. The van der Waals surface area contributed by atoms with Crippen molar-refractivity contribution in [2.24, 2.45) is 0 Å². The van der Waals surface area contributed by atoms with E-state index in [1.54, 1.807) is 6.92 Å². The van der Waals surface area contributed by atoms with Crippen LogP contribution in [0.2, 0.25) is 0 Å². The Morgan fingerprint density at radius 3 is 2.12 bits per heavy atom. The van der Waals surface area contributed by atoms with Gasteiger partial charge < -0.3 is 5.32 Å². The lowest BCUT2D eigenvalue weighted by Crippen LogP contribution is -2.00. The van der Waals surface area contributed by atoms with Crippen LogP contribution in [-0.2, 0) is 0 Å². The summed E-state index contributed by atoms with van der Waals surface area (Å²) in [5.41, 5.74) is 5.78. The van der Waals surface area contributed by atoms with Gasteiger partial charge in [0, 0.05) is 22.5 Å². The Bertz CT molecular complexity index is 864. The van der Waals surface area contributed by atoms with Gasteiger partial charge in [-0.3, -0.25) is 4.79 Å². The fraction of sp³-hybridized carbons (Fsp3) is 0.0455. The Morgan fingerprint density at radius 2 is 1.46 bits per heavy atom. The Hall–Kier alpha value is -3.13. The molecule has 0 atom stereocenters. The van der Waals surface area contributed by atoms with E-state index in [2.05, 4.69) is 36.2 Å². The van der Waals surface area contributed by atoms with Crippen molar-refractivity contribution in [3.8, 4) is 11.1 Å². The summed E-state index contributed by atoms with van der Waals surface area (Å²) in [6.45, 7) is 5.75. The van der Waals surface area contributed by atoms with Gasteiger partial charge in [-0.25, -0.2) is 0 Å². The van der Waals surface area contributed by atoms with E-state index in [4.69, 9.17) is 0 Å². The Labute approximate surface area is 142 Å². The highest BCUT2D eigenvalue weighted by Crippen LogP contribution is 2.28. The monoisotopic (exact) mass is 313 g/mol. The predicted octanol–water partition coefficient (Wildman–Crippen LogP) is 5.64. The van der Waals surface area contributed by atoms with E-state index in [1.807, 2.05) is 54.6 Å². The summed E-state index contributed by atoms with van der Waals surface area (Å²) in [7, 11) is 0. The van der Waals surface area contributed by atoms with Gasteiger partial charge in [0.1, 0.15) is 0 Å². The molecule has 2 nitrogen and oxygen atoms in total. The summed E-state index contributed by atoms with van der Waals surface area (Å²) >= 11 is 0. The van der Waals surface area contributed by atoms with Crippen molar-refractivity contribution in [2.75, 3.05) is 5.32 Å². The molecular weight excluding hydrogens is 294 g/mol. The smallest absolute Gasteiger partial charge is 0.159 e. The lowest BCUT2D eigenvalue weighted by molar-refractivity contribution is 0.101. The van der Waals surface area contributed by atoms with Crippen molar-refractivity contribution in [3.05, 3.63) is 96.6 Å². The third kappa shape index (κ3) is 3.44. The molecule has 0 aliphatic rings. The van der Waals surface area contributed by atoms with Crippen LogP contribution in [0, 0.1) is 0 Å². The number of rotatable bonds is 5. The standard InChI is InChI=1S/C22H19NO/c1-16(23-20-14-12-18(13-15-20)17(2)24)21-10-6-7-11-22(21)19-8-4-3-5-9-19/h3-15,23H,1H2,2H3. The second-order valence-electron chi connectivity index (χ2n) is 5.65. The van der Waals surface area contributed by atoms with Crippen LogP contribution in [0.15, 0.2) is 85.4 Å². The van der Waals surface area contributed by atoms with Crippen LogP contribution in [0.25, 0.3) is 16.8 Å². The SMILES string of the molecule is C=C(Nc1ccc(C(C)=O)cc1)c1ccccc1-c1ccccc1. The molecule has 0 saturated heterocycles. The molecule has 24 heavy (non-hydrogen) atoms. The Morgan fingerprint density at radius 1 is 0.833 bits per heavy atom. The molecule has 0 radical (unpaired) electrons. The molecule has 0 bridgehead atoms. The van der Waals surface area contributed by atoms with Gasteiger partial charge in [-0.1, -0.05) is 61.2 Å². The zero-order valence-corrected chi connectivity index (χ0v) is 13.6. The predicted molar refractivity (Wildman–Crippen MR) is 101 cm³/mol. The van der Waals surface area contributed by atoms with Gasteiger partial charge in [-0.15, -0.1) is 0 Å². The lowest BCUT2D eigenvalue weighted by atomic mass is 9.98. The first-order valence-electron chi connectivity index (χ1n) is 7.87. The molecule has 0 saturated carbocycles. The number of benzene rings is 3. The maximum Gasteiger partial charge on any atom is 0.159 e. The molecule has 3 aromatic rings. The molecule has 0 spiro atoms. The topological polar surface area (TPSA) is 29.1 Å². The highest BCUT2D eigenvalue weighted by Gasteiger charge is 2.08. The molecular formula is C22H19NO. The van der Waals surface area contributed by atoms with Gasteiger partial charge in [-0.2, -0.15) is 0 Å². The number of hydrogen-bond acceptors (Lipinski definition) is 2.